The van der Waals surface area contributed by atoms with E-state index in [1.54, 1.807) is 0 Å². The average Bonchev–Trinajstić information content (AvgIpc) is 3.35. The average molecular weight is 475 g/mol. The molecular formula is C24H26N8OS. The van der Waals surface area contributed by atoms with Crippen LogP contribution in [-0.2, 0) is 0 Å². The maximum Gasteiger partial charge on any atom is 0.317 e. The zero-order valence-corrected chi connectivity index (χ0v) is 19.6. The van der Waals surface area contributed by atoms with Crippen molar-refractivity contribution >= 4 is 46.6 Å². The molecule has 0 spiro atoms. The molecule has 0 radical (unpaired) electrons. The van der Waals surface area contributed by atoms with Crippen LogP contribution in [0.25, 0.3) is 10.9 Å². The van der Waals surface area contributed by atoms with Crippen LogP contribution in [0.5, 0.6) is 0 Å². The molecule has 2 aliphatic rings. The van der Waals surface area contributed by atoms with Crippen LogP contribution in [0.15, 0.2) is 59.0 Å². The van der Waals surface area contributed by atoms with Gasteiger partial charge in [0.05, 0.1) is 5.52 Å². The quantitative estimate of drug-likeness (QED) is 0.448. The lowest BCUT2D eigenvalue weighted by Crippen LogP contribution is -2.48. The van der Waals surface area contributed by atoms with Gasteiger partial charge in [0, 0.05) is 63.4 Å². The second-order valence-electron chi connectivity index (χ2n) is 8.54. The van der Waals surface area contributed by atoms with Gasteiger partial charge in [0.25, 0.3) is 4.84 Å². The molecule has 4 aromatic rings. The molecule has 0 atom stereocenters. The number of nitrogens with zero attached hydrogens (tertiary/aromatic N) is 7. The van der Waals surface area contributed by atoms with E-state index in [0.29, 0.717) is 10.9 Å². The zero-order chi connectivity index (χ0) is 22.9. The fourth-order valence-electron chi connectivity index (χ4n) is 4.70. The Balaban J connectivity index is 1.23. The van der Waals surface area contributed by atoms with Gasteiger partial charge in [0.1, 0.15) is 5.82 Å². The van der Waals surface area contributed by atoms with E-state index >= 15 is 0 Å². The van der Waals surface area contributed by atoms with Crippen molar-refractivity contribution in [2.75, 3.05) is 72.0 Å². The molecule has 6 rings (SSSR count). The second kappa shape index (κ2) is 8.94. The largest absolute Gasteiger partial charge is 0.396 e. The summed E-state index contributed by atoms with van der Waals surface area (Å²) in [4.78, 5) is 19.5. The minimum Gasteiger partial charge on any atom is -0.396 e. The van der Waals surface area contributed by atoms with E-state index < -0.39 is 0 Å². The predicted octanol–water partition coefficient (Wildman–Crippen LogP) is 3.33. The molecule has 10 heteroatoms. The summed E-state index contributed by atoms with van der Waals surface area (Å²) in [5.41, 5.74) is 2.26. The lowest BCUT2D eigenvalue weighted by atomic mass is 10.2. The van der Waals surface area contributed by atoms with Crippen molar-refractivity contribution in [2.45, 2.75) is 0 Å². The van der Waals surface area contributed by atoms with E-state index in [1.807, 2.05) is 6.07 Å². The van der Waals surface area contributed by atoms with Gasteiger partial charge in [-0.3, -0.25) is 0 Å². The van der Waals surface area contributed by atoms with Crippen LogP contribution in [0.3, 0.4) is 0 Å². The van der Waals surface area contributed by atoms with Gasteiger partial charge in [-0.25, -0.2) is 10.1 Å². The first-order chi connectivity index (χ1) is 16.7. The maximum absolute atomic E-state index is 5.47. The highest BCUT2D eigenvalue weighted by Crippen LogP contribution is 2.29. The highest BCUT2D eigenvalue weighted by Gasteiger charge is 2.25. The number of para-hydroxylation sites is 2. The van der Waals surface area contributed by atoms with Gasteiger partial charge >= 0.3 is 6.01 Å². The number of anilines is 4. The van der Waals surface area contributed by atoms with Crippen molar-refractivity contribution in [3.8, 4) is 0 Å². The highest BCUT2D eigenvalue weighted by molar-refractivity contribution is 7.71. The van der Waals surface area contributed by atoms with Crippen molar-refractivity contribution < 1.29 is 4.42 Å². The third-order valence-electron chi connectivity index (χ3n) is 6.53. The number of piperazine rings is 2. The van der Waals surface area contributed by atoms with Crippen LogP contribution in [0.1, 0.15) is 0 Å². The number of aromatic amines is 1. The maximum atomic E-state index is 5.47. The van der Waals surface area contributed by atoms with Crippen LogP contribution in [-0.4, -0.2) is 72.5 Å². The third kappa shape index (κ3) is 4.05. The summed E-state index contributed by atoms with van der Waals surface area (Å²) >= 11 is 5.01. The first-order valence-corrected chi connectivity index (χ1v) is 12.0. The summed E-state index contributed by atoms with van der Waals surface area (Å²) in [5.74, 6) is 1.80. The summed E-state index contributed by atoms with van der Waals surface area (Å²) in [7, 11) is 0. The summed E-state index contributed by atoms with van der Waals surface area (Å²) in [6.45, 7) is 6.89. The lowest BCUT2D eigenvalue weighted by molar-refractivity contribution is 0.502. The zero-order valence-electron chi connectivity index (χ0n) is 18.8. The number of rotatable bonds is 4. The molecule has 2 aromatic carbocycles. The van der Waals surface area contributed by atoms with Crippen molar-refractivity contribution in [3.05, 3.63) is 59.4 Å². The fraction of sp³-hybridized carbons (Fsp3) is 0.333. The number of H-pyrrole nitrogens is 1. The summed E-state index contributed by atoms with van der Waals surface area (Å²) in [6, 6.07) is 19.5. The molecular weight excluding hydrogens is 448 g/mol. The van der Waals surface area contributed by atoms with Crippen molar-refractivity contribution in [1.29, 1.82) is 0 Å². The smallest absolute Gasteiger partial charge is 0.317 e. The molecule has 0 unspecified atom stereocenters. The molecule has 2 aliphatic heterocycles. The number of benzene rings is 2. The first kappa shape index (κ1) is 20.9. The normalized spacial score (nSPS) is 16.9. The Morgan fingerprint density at radius 1 is 0.706 bits per heavy atom. The van der Waals surface area contributed by atoms with Crippen molar-refractivity contribution in [2.24, 2.45) is 0 Å². The minimum atomic E-state index is 0.298. The SMILES string of the molecule is S=c1[nH]nc(N2CCN(c3nc(N4CCN(c5ccccc5)CC4)c4ccccc4n3)CC2)o1. The molecule has 9 nitrogen and oxygen atoms in total. The number of hydrogen-bond donors (Lipinski definition) is 1. The minimum absolute atomic E-state index is 0.298. The Hall–Kier alpha value is -3.66. The monoisotopic (exact) mass is 474 g/mol. The van der Waals surface area contributed by atoms with Gasteiger partial charge in [0.2, 0.25) is 5.95 Å². The van der Waals surface area contributed by atoms with Crippen LogP contribution >= 0.6 is 12.2 Å². The number of aromatic nitrogens is 4. The molecule has 4 heterocycles. The van der Waals surface area contributed by atoms with Gasteiger partial charge < -0.3 is 24.0 Å². The van der Waals surface area contributed by atoms with Crippen molar-refractivity contribution in [3.63, 3.8) is 0 Å². The number of hydrogen-bond acceptors (Lipinski definition) is 9. The van der Waals surface area contributed by atoms with Crippen LogP contribution in [0.4, 0.5) is 23.5 Å². The summed E-state index contributed by atoms with van der Waals surface area (Å²) in [5, 5.41) is 7.95. The number of fused-ring (bicyclic) bond motifs is 1. The standard InChI is InChI=1S/C24H26N8OS/c34-24-28-27-23(33-24)32-16-14-31(15-17-32)22-25-20-9-5-4-8-19(20)21(26-22)30-12-10-29(11-13-30)18-6-2-1-3-7-18/h1-9H,10-17H2,(H,28,34). The van der Waals surface area contributed by atoms with Gasteiger partial charge in [-0.05, 0) is 36.5 Å². The van der Waals surface area contributed by atoms with E-state index in [9.17, 15) is 0 Å². The fourth-order valence-corrected chi connectivity index (χ4v) is 4.82. The van der Waals surface area contributed by atoms with Crippen molar-refractivity contribution in [1.82, 2.24) is 20.2 Å². The molecule has 2 fully saturated rings. The summed E-state index contributed by atoms with van der Waals surface area (Å²) < 4.78 is 5.47. The van der Waals surface area contributed by atoms with Crippen LogP contribution in [0, 0.1) is 4.84 Å². The lowest BCUT2D eigenvalue weighted by Gasteiger charge is -2.38. The Kier molecular flexibility index (Phi) is 5.50. The van der Waals surface area contributed by atoms with E-state index in [-0.39, 0.29) is 0 Å². The molecule has 174 valence electrons. The third-order valence-corrected chi connectivity index (χ3v) is 6.71. The second-order valence-corrected chi connectivity index (χ2v) is 8.91. The Labute approximate surface area is 202 Å². The molecule has 0 aliphatic carbocycles. The highest BCUT2D eigenvalue weighted by atomic mass is 32.1. The van der Waals surface area contributed by atoms with E-state index in [4.69, 9.17) is 26.6 Å². The molecule has 34 heavy (non-hydrogen) atoms. The molecule has 2 aromatic heterocycles. The van der Waals surface area contributed by atoms with E-state index in [0.717, 1.165) is 75.0 Å². The number of nitrogens with one attached hydrogen (secondary N) is 1. The van der Waals surface area contributed by atoms with E-state index in [2.05, 4.69) is 78.3 Å². The Morgan fingerprint density at radius 3 is 2.09 bits per heavy atom. The van der Waals surface area contributed by atoms with Gasteiger partial charge in [-0.2, -0.15) is 4.98 Å². The molecule has 1 N–H and O–H groups in total. The first-order valence-electron chi connectivity index (χ1n) is 11.6. The molecule has 2 saturated heterocycles. The molecule has 0 saturated carbocycles. The predicted molar refractivity (Wildman–Crippen MR) is 137 cm³/mol. The molecule has 0 bridgehead atoms. The van der Waals surface area contributed by atoms with Gasteiger partial charge in [-0.1, -0.05) is 30.3 Å². The summed E-state index contributed by atoms with van der Waals surface area (Å²) in [6.07, 6.45) is 0. The Morgan fingerprint density at radius 2 is 1.35 bits per heavy atom. The topological polar surface area (TPSA) is 80.6 Å². The van der Waals surface area contributed by atoms with E-state index in [1.165, 1.54) is 5.69 Å². The van der Waals surface area contributed by atoms with Gasteiger partial charge in [-0.15, -0.1) is 5.10 Å². The Bertz CT molecular complexity index is 1320. The van der Waals surface area contributed by atoms with Crippen LogP contribution < -0.4 is 19.6 Å². The molecule has 0 amide bonds. The van der Waals surface area contributed by atoms with Gasteiger partial charge in [0.15, 0.2) is 0 Å². The van der Waals surface area contributed by atoms with Crippen LogP contribution in [0.2, 0.25) is 0 Å².